The number of anilines is 3. The van der Waals surface area contributed by atoms with Gasteiger partial charge in [-0.1, -0.05) is 192 Å². The SMILES string of the molecule is C.C.C.NC(=O)Cc1ccccc1CCc1ccnc(Cc2ccc(N3CCN(C(=O)OCc4ccccc4)CC3)cc2)n1.NC(=O)Cc1ccccc1CCc1ccnc(Cc2ccc(N3CCNCC3)cc2)n1.O=C([O-])Cc1ccccc1CCc1ccnc(Cc2ccc(N3CCN(C(=O)OCc4ccccc4)CC3)cc2)n1.[Li+]. The third-order valence-corrected chi connectivity index (χ3v) is 20.3. The first kappa shape index (κ1) is 90.4. The van der Waals surface area contributed by atoms with Crippen molar-refractivity contribution in [2.75, 3.05) is 93.2 Å². The standard InChI is InChI=1S/C33H35N5O3.C33H34N4O4.C25H29N5O.3CH4.Li/c34-31(39)23-28-9-5-4-8-27(28)12-13-29-16-17-35-32(36-29)22-25-10-14-30(15-11-25)37-18-20-38(21-19-37)33(40)41-24-26-6-2-1-3-7-26;38-32(39)23-28-9-5-4-8-27(28)12-13-29-16-17-34-31(35-29)22-25-10-14-30(15-11-25)36-18-20-37(21-19-36)33(40)41-24-26-6-2-1-3-7-26;26-24(31)18-21-4-2-1-3-20(21)7-8-22-11-12-28-25(29-22)17-19-5-9-23(10-6-19)30-15-13-27-14-16-30;;;;/h1-11,14-17H,12-13,18-24H2,(H2,34,39);1-11,14-17H,12-13,18-24H2,(H,38,39);1-6,9-12,27H,7-8,13-18H2,(H2,26,31);3*1H4;/q;;;;;;+1/p-1. The molecule has 4 amide bonds. The molecule has 3 aliphatic heterocycles. The maximum atomic E-state index is 12.5. The summed E-state index contributed by atoms with van der Waals surface area (Å²) in [4.78, 5) is 97.0. The second-order valence-electron chi connectivity index (χ2n) is 28.3. The maximum absolute atomic E-state index is 12.5. The zero-order valence-electron chi connectivity index (χ0n) is 64.8. The minimum absolute atomic E-state index is 0. The molecular weight excluding hydrogens is 1460 g/mol. The van der Waals surface area contributed by atoms with Crippen LogP contribution >= 0.6 is 0 Å². The molecule has 6 heterocycles. The summed E-state index contributed by atoms with van der Waals surface area (Å²) in [6.45, 7) is 10.2. The van der Waals surface area contributed by atoms with Crippen LogP contribution in [0.25, 0.3) is 0 Å². The number of aryl methyl sites for hydroxylation is 6. The van der Waals surface area contributed by atoms with Gasteiger partial charge >= 0.3 is 31.0 Å². The maximum Gasteiger partial charge on any atom is 1.00 e. The van der Waals surface area contributed by atoms with E-state index in [0.717, 1.165) is 180 Å². The summed E-state index contributed by atoms with van der Waals surface area (Å²) < 4.78 is 11.0. The number of carboxylic acid groups (broad SMARTS) is 1. The van der Waals surface area contributed by atoms with Crippen LogP contribution in [0.5, 0.6) is 0 Å². The van der Waals surface area contributed by atoms with Crippen LogP contribution in [0.4, 0.5) is 26.7 Å². The molecule has 0 aliphatic carbocycles. The molecule has 117 heavy (non-hydrogen) atoms. The van der Waals surface area contributed by atoms with E-state index in [1.165, 1.54) is 11.3 Å². The number of benzene rings is 8. The van der Waals surface area contributed by atoms with Crippen LogP contribution in [0.3, 0.4) is 0 Å². The molecule has 0 spiro atoms. The molecule has 0 radical (unpaired) electrons. The number of aliphatic carboxylic acids is 1. The summed E-state index contributed by atoms with van der Waals surface area (Å²) in [5, 5.41) is 14.5. The molecule has 22 nitrogen and oxygen atoms in total. The summed E-state index contributed by atoms with van der Waals surface area (Å²) in [6, 6.07) is 74.3. The van der Waals surface area contributed by atoms with E-state index in [1.54, 1.807) is 16.0 Å². The van der Waals surface area contributed by atoms with Crippen LogP contribution in [0.2, 0.25) is 0 Å². The predicted octanol–water partition coefficient (Wildman–Crippen LogP) is 9.15. The number of rotatable bonds is 28. The van der Waals surface area contributed by atoms with Gasteiger partial charge in [-0.2, -0.15) is 0 Å². The third-order valence-electron chi connectivity index (χ3n) is 20.3. The van der Waals surface area contributed by atoms with Gasteiger partial charge in [0.05, 0.1) is 12.8 Å². The smallest absolute Gasteiger partial charge is 0.550 e. The van der Waals surface area contributed by atoms with Crippen LogP contribution in [-0.4, -0.2) is 148 Å². The normalized spacial score (nSPS) is 12.9. The molecule has 0 saturated carbocycles. The van der Waals surface area contributed by atoms with E-state index in [-0.39, 0.29) is 91.0 Å². The first-order chi connectivity index (χ1) is 55.2. The molecule has 604 valence electrons. The van der Waals surface area contributed by atoms with Gasteiger partial charge in [0.1, 0.15) is 30.7 Å². The van der Waals surface area contributed by atoms with Crippen LogP contribution < -0.4 is 55.5 Å². The van der Waals surface area contributed by atoms with E-state index in [1.807, 2.05) is 158 Å². The van der Waals surface area contributed by atoms with Crippen LogP contribution in [0, 0.1) is 0 Å². The number of primary amides is 2. The fourth-order valence-electron chi connectivity index (χ4n) is 14.1. The molecule has 11 aromatic rings. The molecule has 3 saturated heterocycles. The number of carboxylic acids is 1. The zero-order valence-corrected chi connectivity index (χ0v) is 64.8. The summed E-state index contributed by atoms with van der Waals surface area (Å²) in [6.07, 6.45) is 11.9. The van der Waals surface area contributed by atoms with Gasteiger partial charge in [-0.15, -0.1) is 0 Å². The van der Waals surface area contributed by atoms with E-state index >= 15 is 0 Å². The zero-order chi connectivity index (χ0) is 78.4. The number of piperazine rings is 3. The molecule has 3 aliphatic rings. The number of hydrogen-bond donors (Lipinski definition) is 3. The Bertz CT molecular complexity index is 4670. The number of carbonyl (C=O) groups excluding carboxylic acids is 5. The van der Waals surface area contributed by atoms with Gasteiger partial charge in [-0.05, 0) is 154 Å². The van der Waals surface area contributed by atoms with Gasteiger partial charge < -0.3 is 60.7 Å². The van der Waals surface area contributed by atoms with Crippen molar-refractivity contribution in [3.63, 3.8) is 0 Å². The topological polar surface area (TPSA) is 284 Å². The molecule has 23 heteroatoms. The summed E-state index contributed by atoms with van der Waals surface area (Å²) >= 11 is 0. The van der Waals surface area contributed by atoms with Gasteiger partial charge in [-0.3, -0.25) is 9.59 Å². The van der Waals surface area contributed by atoms with Crippen molar-refractivity contribution in [2.45, 2.75) is 113 Å². The largest absolute Gasteiger partial charge is 1.00 e. The van der Waals surface area contributed by atoms with Gasteiger partial charge in [0.25, 0.3) is 0 Å². The Labute approximate surface area is 701 Å². The first-order valence-corrected chi connectivity index (χ1v) is 38.8. The number of nitrogens with zero attached hydrogens (tertiary/aromatic N) is 11. The number of aromatic nitrogens is 6. The molecule has 8 aromatic carbocycles. The first-order valence-electron chi connectivity index (χ1n) is 38.8. The fourth-order valence-corrected chi connectivity index (χ4v) is 14.1. The summed E-state index contributed by atoms with van der Waals surface area (Å²) in [5.41, 5.74) is 28.7. The predicted molar refractivity (Wildman–Crippen MR) is 456 cm³/mol. The molecule has 3 fully saturated rings. The van der Waals surface area contributed by atoms with Crippen LogP contribution in [0.15, 0.2) is 243 Å². The second kappa shape index (κ2) is 47.1. The quantitative estimate of drug-likeness (QED) is 0.0385. The fraction of sp³-hybridized carbons (Fsp3) is 0.309. The van der Waals surface area contributed by atoms with Crippen LogP contribution in [0.1, 0.15) is 118 Å². The molecule has 0 bridgehead atoms. The Morgan fingerprint density at radius 2 is 0.632 bits per heavy atom. The van der Waals surface area contributed by atoms with E-state index < -0.39 is 5.97 Å². The Morgan fingerprint density at radius 3 is 0.940 bits per heavy atom. The Hall–Kier alpha value is -12.1. The van der Waals surface area contributed by atoms with Crippen LogP contribution in [-0.2, 0) is 114 Å². The average molecular weight is 1570 g/mol. The average Bonchev–Trinajstić information content (AvgIpc) is 0.834. The number of hydrogen-bond acceptors (Lipinski definition) is 18. The number of carbonyl (C=O) groups is 5. The van der Waals surface area contributed by atoms with E-state index in [2.05, 4.69) is 114 Å². The van der Waals surface area contributed by atoms with Gasteiger partial charge in [-0.25, -0.2) is 39.5 Å². The molecular formula is C94H109LiN14O8. The number of nitrogens with two attached hydrogens (primary N) is 2. The van der Waals surface area contributed by atoms with Gasteiger partial charge in [0, 0.05) is 163 Å². The van der Waals surface area contributed by atoms with Crippen molar-refractivity contribution >= 4 is 47.0 Å². The van der Waals surface area contributed by atoms with Crippen molar-refractivity contribution in [2.24, 2.45) is 11.5 Å². The summed E-state index contributed by atoms with van der Waals surface area (Å²) in [5.74, 6) is 0.658. The summed E-state index contributed by atoms with van der Waals surface area (Å²) in [7, 11) is 0. The van der Waals surface area contributed by atoms with Crippen molar-refractivity contribution in [1.82, 2.24) is 45.0 Å². The minimum atomic E-state index is -1.07. The Morgan fingerprint density at radius 1 is 0.342 bits per heavy atom. The van der Waals surface area contributed by atoms with Gasteiger partial charge in [0.15, 0.2) is 0 Å². The van der Waals surface area contributed by atoms with Crippen molar-refractivity contribution in [3.8, 4) is 0 Å². The van der Waals surface area contributed by atoms with Crippen molar-refractivity contribution in [3.05, 3.63) is 339 Å². The molecule has 0 unspecified atom stereocenters. The van der Waals surface area contributed by atoms with Crippen molar-refractivity contribution in [1.29, 1.82) is 0 Å². The van der Waals surface area contributed by atoms with E-state index in [9.17, 15) is 29.1 Å². The molecule has 3 aromatic heterocycles. The molecule has 14 rings (SSSR count). The number of amides is 4. The van der Waals surface area contributed by atoms with Gasteiger partial charge in [0.2, 0.25) is 11.8 Å². The monoisotopic (exact) mass is 1570 g/mol. The Kier molecular flexibility index (Phi) is 36.4. The minimum Gasteiger partial charge on any atom is -0.550 e. The Balaban J connectivity index is 0.000000218. The number of ether oxygens (including phenoxy) is 2. The van der Waals surface area contributed by atoms with E-state index in [0.29, 0.717) is 64.9 Å². The molecule has 5 N–H and O–H groups in total. The third kappa shape index (κ3) is 28.7. The second-order valence-corrected chi connectivity index (χ2v) is 28.3. The number of nitrogens with one attached hydrogen (secondary N) is 1. The molecule has 0 atom stereocenters. The van der Waals surface area contributed by atoms with Crippen molar-refractivity contribution < 1.29 is 57.4 Å². The van der Waals surface area contributed by atoms with E-state index in [4.69, 9.17) is 35.9 Å².